The lowest BCUT2D eigenvalue weighted by Crippen LogP contribution is -2.29. The van der Waals surface area contributed by atoms with Crippen LogP contribution in [0.3, 0.4) is 0 Å². The largest absolute Gasteiger partial charge is 0.481 e. The van der Waals surface area contributed by atoms with Crippen molar-refractivity contribution in [2.75, 3.05) is 12.1 Å². The van der Waals surface area contributed by atoms with E-state index >= 15 is 0 Å². The van der Waals surface area contributed by atoms with Gasteiger partial charge in [0.25, 0.3) is 0 Å². The maximum atomic E-state index is 10.9. The molecular formula is C14H17NO4. The summed E-state index contributed by atoms with van der Waals surface area (Å²) < 4.78 is 10.6. The molecule has 0 aromatic heterocycles. The molecule has 1 aromatic carbocycles. The molecule has 102 valence electrons. The number of carboxylic acids is 1. The van der Waals surface area contributed by atoms with Crippen LogP contribution in [0, 0.1) is 5.92 Å². The van der Waals surface area contributed by atoms with Crippen molar-refractivity contribution < 1.29 is 19.4 Å². The molecule has 0 radical (unpaired) electrons. The Balaban J connectivity index is 1.59. The van der Waals surface area contributed by atoms with Crippen LogP contribution in [0.1, 0.15) is 25.7 Å². The van der Waals surface area contributed by atoms with Crippen LogP contribution in [-0.4, -0.2) is 23.9 Å². The number of hydrogen-bond donors (Lipinski definition) is 2. The third-order valence-electron chi connectivity index (χ3n) is 3.82. The monoisotopic (exact) mass is 263 g/mol. The van der Waals surface area contributed by atoms with Gasteiger partial charge in [0.2, 0.25) is 6.79 Å². The number of rotatable bonds is 3. The van der Waals surface area contributed by atoms with Gasteiger partial charge in [-0.2, -0.15) is 0 Å². The second-order valence-corrected chi connectivity index (χ2v) is 5.10. The van der Waals surface area contributed by atoms with Crippen LogP contribution in [0.25, 0.3) is 0 Å². The molecule has 1 aliphatic heterocycles. The number of anilines is 1. The lowest BCUT2D eigenvalue weighted by Gasteiger charge is -2.27. The van der Waals surface area contributed by atoms with E-state index in [9.17, 15) is 4.79 Å². The van der Waals surface area contributed by atoms with Crippen LogP contribution in [-0.2, 0) is 4.79 Å². The highest BCUT2D eigenvalue weighted by Gasteiger charge is 2.26. The predicted octanol–water partition coefficient (Wildman–Crippen LogP) is 2.47. The molecular weight excluding hydrogens is 246 g/mol. The van der Waals surface area contributed by atoms with E-state index in [0.29, 0.717) is 6.04 Å². The molecule has 0 spiro atoms. The third kappa shape index (κ3) is 2.59. The normalized spacial score (nSPS) is 25.1. The minimum atomic E-state index is -0.665. The predicted molar refractivity (Wildman–Crippen MR) is 69.6 cm³/mol. The fourth-order valence-electron chi connectivity index (χ4n) is 2.71. The summed E-state index contributed by atoms with van der Waals surface area (Å²) in [4.78, 5) is 10.9. The lowest BCUT2D eigenvalue weighted by atomic mass is 9.86. The van der Waals surface area contributed by atoms with E-state index in [1.165, 1.54) is 0 Å². The van der Waals surface area contributed by atoms with Crippen molar-refractivity contribution in [1.29, 1.82) is 0 Å². The van der Waals surface area contributed by atoms with Gasteiger partial charge in [-0.05, 0) is 37.8 Å². The molecule has 5 heteroatoms. The van der Waals surface area contributed by atoms with Crippen LogP contribution in [0.4, 0.5) is 5.69 Å². The van der Waals surface area contributed by atoms with E-state index < -0.39 is 5.97 Å². The van der Waals surface area contributed by atoms with Gasteiger partial charge in [0, 0.05) is 17.8 Å². The Labute approximate surface area is 111 Å². The van der Waals surface area contributed by atoms with E-state index in [1.807, 2.05) is 18.2 Å². The average molecular weight is 263 g/mol. The Morgan fingerprint density at radius 3 is 2.63 bits per heavy atom. The molecule has 0 bridgehead atoms. The Bertz CT molecular complexity index is 480. The number of carboxylic acid groups (broad SMARTS) is 1. The van der Waals surface area contributed by atoms with Gasteiger partial charge in [-0.1, -0.05) is 0 Å². The first-order chi connectivity index (χ1) is 9.22. The van der Waals surface area contributed by atoms with E-state index in [2.05, 4.69) is 5.32 Å². The number of carbonyl (C=O) groups is 1. The van der Waals surface area contributed by atoms with E-state index in [4.69, 9.17) is 14.6 Å². The van der Waals surface area contributed by atoms with Crippen LogP contribution in [0.5, 0.6) is 11.5 Å². The maximum absolute atomic E-state index is 10.9. The second-order valence-electron chi connectivity index (χ2n) is 5.10. The number of ether oxygens (including phenoxy) is 2. The second kappa shape index (κ2) is 4.99. The summed E-state index contributed by atoms with van der Waals surface area (Å²) in [6.45, 7) is 0.280. The molecule has 2 aliphatic rings. The van der Waals surface area contributed by atoms with E-state index in [0.717, 1.165) is 42.9 Å². The maximum Gasteiger partial charge on any atom is 0.306 e. The Morgan fingerprint density at radius 2 is 1.89 bits per heavy atom. The third-order valence-corrected chi connectivity index (χ3v) is 3.82. The fraction of sp³-hybridized carbons (Fsp3) is 0.500. The molecule has 0 saturated heterocycles. The van der Waals surface area contributed by atoms with Gasteiger partial charge in [0.1, 0.15) is 0 Å². The van der Waals surface area contributed by atoms with Crippen molar-refractivity contribution in [3.8, 4) is 11.5 Å². The Kier molecular flexibility index (Phi) is 3.19. The summed E-state index contributed by atoms with van der Waals surface area (Å²) in [5.41, 5.74) is 1.00. The van der Waals surface area contributed by atoms with Crippen molar-refractivity contribution >= 4 is 11.7 Å². The highest BCUT2D eigenvalue weighted by atomic mass is 16.7. The molecule has 1 saturated carbocycles. The zero-order chi connectivity index (χ0) is 13.2. The highest BCUT2D eigenvalue weighted by molar-refractivity contribution is 5.70. The summed E-state index contributed by atoms with van der Waals surface area (Å²) in [5, 5.41) is 12.4. The quantitative estimate of drug-likeness (QED) is 0.876. The van der Waals surface area contributed by atoms with Crippen LogP contribution in [0.2, 0.25) is 0 Å². The summed E-state index contributed by atoms with van der Waals surface area (Å²) in [6, 6.07) is 6.15. The van der Waals surface area contributed by atoms with Gasteiger partial charge >= 0.3 is 5.97 Å². The van der Waals surface area contributed by atoms with Gasteiger partial charge in [-0.3, -0.25) is 4.79 Å². The molecule has 2 N–H and O–H groups in total. The van der Waals surface area contributed by atoms with Gasteiger partial charge < -0.3 is 19.9 Å². The van der Waals surface area contributed by atoms with Crippen molar-refractivity contribution in [2.45, 2.75) is 31.7 Å². The van der Waals surface area contributed by atoms with Crippen LogP contribution in [0.15, 0.2) is 18.2 Å². The zero-order valence-corrected chi connectivity index (χ0v) is 10.6. The van der Waals surface area contributed by atoms with Crippen molar-refractivity contribution in [1.82, 2.24) is 0 Å². The SMILES string of the molecule is O=C(O)C1CCC(Nc2ccc3c(c2)OCO3)CC1. The molecule has 0 atom stereocenters. The van der Waals surface area contributed by atoms with E-state index in [-0.39, 0.29) is 12.7 Å². The number of benzene rings is 1. The molecule has 19 heavy (non-hydrogen) atoms. The first kappa shape index (κ1) is 12.1. The van der Waals surface area contributed by atoms with Crippen LogP contribution >= 0.6 is 0 Å². The molecule has 0 unspecified atom stereocenters. The topological polar surface area (TPSA) is 67.8 Å². The Hall–Kier alpha value is -1.91. The minimum absolute atomic E-state index is 0.171. The van der Waals surface area contributed by atoms with Gasteiger partial charge in [-0.15, -0.1) is 0 Å². The summed E-state index contributed by atoms with van der Waals surface area (Å²) >= 11 is 0. The van der Waals surface area contributed by atoms with Crippen LogP contribution < -0.4 is 14.8 Å². The van der Waals surface area contributed by atoms with Crippen molar-refractivity contribution in [3.63, 3.8) is 0 Å². The molecule has 3 rings (SSSR count). The van der Waals surface area contributed by atoms with Gasteiger partial charge in [0.15, 0.2) is 11.5 Å². The smallest absolute Gasteiger partial charge is 0.306 e. The molecule has 5 nitrogen and oxygen atoms in total. The number of aliphatic carboxylic acids is 1. The van der Waals surface area contributed by atoms with E-state index in [1.54, 1.807) is 0 Å². The summed E-state index contributed by atoms with van der Waals surface area (Å²) in [7, 11) is 0. The fourth-order valence-corrected chi connectivity index (χ4v) is 2.71. The number of fused-ring (bicyclic) bond motifs is 1. The van der Waals surface area contributed by atoms with Gasteiger partial charge in [0.05, 0.1) is 5.92 Å². The van der Waals surface area contributed by atoms with Crippen molar-refractivity contribution in [2.24, 2.45) is 5.92 Å². The number of nitrogens with one attached hydrogen (secondary N) is 1. The highest BCUT2D eigenvalue weighted by Crippen LogP contribution is 2.35. The molecule has 1 aromatic rings. The number of hydrogen-bond acceptors (Lipinski definition) is 4. The first-order valence-corrected chi connectivity index (χ1v) is 6.61. The zero-order valence-electron chi connectivity index (χ0n) is 10.6. The molecule has 1 fully saturated rings. The van der Waals surface area contributed by atoms with Crippen molar-refractivity contribution in [3.05, 3.63) is 18.2 Å². The first-order valence-electron chi connectivity index (χ1n) is 6.61. The summed E-state index contributed by atoms with van der Waals surface area (Å²) in [5.74, 6) is 0.709. The average Bonchev–Trinajstić information content (AvgIpc) is 2.87. The minimum Gasteiger partial charge on any atom is -0.481 e. The lowest BCUT2D eigenvalue weighted by molar-refractivity contribution is -0.142. The molecule has 1 heterocycles. The summed E-state index contributed by atoms with van der Waals surface area (Å²) in [6.07, 6.45) is 3.28. The molecule has 1 aliphatic carbocycles. The van der Waals surface area contributed by atoms with Gasteiger partial charge in [-0.25, -0.2) is 0 Å². The standard InChI is InChI=1S/C14H17NO4/c16-14(17)9-1-3-10(4-2-9)15-11-5-6-12-13(7-11)19-8-18-12/h5-7,9-10,15H,1-4,8H2,(H,16,17). The molecule has 0 amide bonds. The Morgan fingerprint density at radius 1 is 1.16 bits per heavy atom.